The van der Waals surface area contributed by atoms with Gasteiger partial charge < -0.3 is 4.90 Å². The third-order valence-electron chi connectivity index (χ3n) is 6.74. The van der Waals surface area contributed by atoms with Crippen LogP contribution >= 0.6 is 7.92 Å². The van der Waals surface area contributed by atoms with E-state index < -0.39 is 7.92 Å². The van der Waals surface area contributed by atoms with E-state index in [9.17, 15) is 0 Å². The van der Waals surface area contributed by atoms with Gasteiger partial charge in [0, 0.05) is 24.0 Å². The molecule has 0 aromatic heterocycles. The Morgan fingerprint density at radius 2 is 0.892 bits per heavy atom. The summed E-state index contributed by atoms with van der Waals surface area (Å²) in [6.07, 6.45) is 0. The van der Waals surface area contributed by atoms with E-state index in [0.29, 0.717) is 0 Å². The first-order valence-corrected chi connectivity index (χ1v) is 14.0. The van der Waals surface area contributed by atoms with Gasteiger partial charge in [0.2, 0.25) is 0 Å². The molecule has 0 amide bonds. The van der Waals surface area contributed by atoms with Gasteiger partial charge in [-0.05, 0) is 35.2 Å². The summed E-state index contributed by atoms with van der Waals surface area (Å²) in [5.41, 5.74) is 10.4. The SMILES string of the molecule is C(=C(c1ccccc1)N1Cc2ccccc2C1)=C(c1ccccc1)P(c1ccccc1)c1ccccc1. The highest BCUT2D eigenvalue weighted by molar-refractivity contribution is 7.82. The summed E-state index contributed by atoms with van der Waals surface area (Å²) in [4.78, 5) is 2.48. The van der Waals surface area contributed by atoms with Crippen LogP contribution < -0.4 is 10.6 Å². The predicted octanol–water partition coefficient (Wildman–Crippen LogP) is 7.82. The van der Waals surface area contributed by atoms with E-state index >= 15 is 0 Å². The second-order valence-electron chi connectivity index (χ2n) is 9.19. The molecule has 1 aliphatic rings. The largest absolute Gasteiger partial charge is 0.356 e. The zero-order valence-corrected chi connectivity index (χ0v) is 21.6. The molecule has 1 aliphatic heterocycles. The van der Waals surface area contributed by atoms with Crippen molar-refractivity contribution in [2.24, 2.45) is 0 Å². The van der Waals surface area contributed by atoms with Gasteiger partial charge >= 0.3 is 0 Å². The lowest BCUT2D eigenvalue weighted by atomic mass is 10.1. The molecule has 0 atom stereocenters. The van der Waals surface area contributed by atoms with Crippen molar-refractivity contribution in [2.45, 2.75) is 13.1 Å². The molecule has 0 spiro atoms. The van der Waals surface area contributed by atoms with E-state index in [1.54, 1.807) is 0 Å². The molecule has 0 fully saturated rings. The van der Waals surface area contributed by atoms with Crippen LogP contribution in [0.3, 0.4) is 0 Å². The minimum Gasteiger partial charge on any atom is -0.356 e. The Balaban J connectivity index is 1.63. The highest BCUT2D eigenvalue weighted by atomic mass is 31.1. The van der Waals surface area contributed by atoms with Crippen molar-refractivity contribution < 1.29 is 0 Å². The van der Waals surface area contributed by atoms with Crippen molar-refractivity contribution in [3.05, 3.63) is 174 Å². The Bertz CT molecular complexity index is 1470. The van der Waals surface area contributed by atoms with Crippen LogP contribution in [0.1, 0.15) is 22.3 Å². The van der Waals surface area contributed by atoms with Gasteiger partial charge in [-0.2, -0.15) is 0 Å². The van der Waals surface area contributed by atoms with Gasteiger partial charge in [-0.25, -0.2) is 0 Å². The molecule has 37 heavy (non-hydrogen) atoms. The molecule has 1 heterocycles. The quantitative estimate of drug-likeness (QED) is 0.172. The number of hydrogen-bond donors (Lipinski definition) is 0. The summed E-state index contributed by atoms with van der Waals surface area (Å²) in [6, 6.07) is 52.2. The summed E-state index contributed by atoms with van der Waals surface area (Å²) in [6.45, 7) is 1.79. The third kappa shape index (κ3) is 5.07. The van der Waals surface area contributed by atoms with Crippen molar-refractivity contribution in [3.63, 3.8) is 0 Å². The van der Waals surface area contributed by atoms with Crippen LogP contribution in [0.15, 0.2) is 151 Å². The molecule has 0 N–H and O–H groups in total. The van der Waals surface area contributed by atoms with E-state index in [1.165, 1.54) is 38.2 Å². The first kappa shape index (κ1) is 23.3. The van der Waals surface area contributed by atoms with E-state index in [-0.39, 0.29) is 0 Å². The molecule has 178 valence electrons. The van der Waals surface area contributed by atoms with Gasteiger partial charge in [0.1, 0.15) is 0 Å². The molecule has 0 radical (unpaired) electrons. The Kier molecular flexibility index (Phi) is 6.82. The molecule has 0 saturated heterocycles. The first-order valence-electron chi connectivity index (χ1n) is 12.7. The maximum absolute atomic E-state index is 4.05. The summed E-state index contributed by atoms with van der Waals surface area (Å²) < 4.78 is 0. The lowest BCUT2D eigenvalue weighted by Crippen LogP contribution is -2.15. The second kappa shape index (κ2) is 10.9. The van der Waals surface area contributed by atoms with Crippen LogP contribution in [0.25, 0.3) is 11.0 Å². The molecular formula is C35H28NP. The number of rotatable bonds is 6. The topological polar surface area (TPSA) is 3.24 Å². The molecule has 2 heteroatoms. The fraction of sp³-hybridized carbons (Fsp3) is 0.0571. The predicted molar refractivity (Wildman–Crippen MR) is 158 cm³/mol. The molecule has 6 rings (SSSR count). The smallest absolute Gasteiger partial charge is 0.0886 e. The van der Waals surface area contributed by atoms with Gasteiger partial charge in [0.05, 0.1) is 5.70 Å². The minimum atomic E-state index is -0.828. The number of hydrogen-bond acceptors (Lipinski definition) is 1. The Hall–Kier alpha value is -4.15. The number of nitrogens with zero attached hydrogens (tertiary/aromatic N) is 1. The van der Waals surface area contributed by atoms with Gasteiger partial charge in [-0.15, -0.1) is 0 Å². The average molecular weight is 494 g/mol. The maximum Gasteiger partial charge on any atom is 0.0886 e. The standard InChI is InChI=1S/C35H28NP/c1-5-15-28(16-6-1)34(36-26-30-19-13-14-20-31(30)27-36)25-35(29-17-7-2-8-18-29)37(32-21-9-3-10-22-32)33-23-11-4-12-24-33/h1-24H,26-27H2. The van der Waals surface area contributed by atoms with Crippen LogP contribution in [0.2, 0.25) is 0 Å². The van der Waals surface area contributed by atoms with Crippen molar-refractivity contribution in [3.8, 4) is 0 Å². The molecule has 0 aliphatic carbocycles. The van der Waals surface area contributed by atoms with Crippen molar-refractivity contribution in [1.82, 2.24) is 4.90 Å². The first-order chi connectivity index (χ1) is 18.4. The molecule has 0 saturated carbocycles. The Morgan fingerprint density at radius 1 is 0.486 bits per heavy atom. The number of benzene rings is 5. The Morgan fingerprint density at radius 3 is 1.38 bits per heavy atom. The van der Waals surface area contributed by atoms with Crippen molar-refractivity contribution in [1.29, 1.82) is 0 Å². The van der Waals surface area contributed by atoms with E-state index in [4.69, 9.17) is 0 Å². The number of fused-ring (bicyclic) bond motifs is 1. The van der Waals surface area contributed by atoms with Gasteiger partial charge in [0.25, 0.3) is 0 Å². The second-order valence-corrected chi connectivity index (χ2v) is 11.3. The average Bonchev–Trinajstić information content (AvgIpc) is 3.41. The van der Waals surface area contributed by atoms with Crippen LogP contribution in [0.4, 0.5) is 0 Å². The van der Waals surface area contributed by atoms with Gasteiger partial charge in [-0.3, -0.25) is 0 Å². The van der Waals surface area contributed by atoms with Crippen LogP contribution in [0, 0.1) is 0 Å². The maximum atomic E-state index is 4.05. The lowest BCUT2D eigenvalue weighted by molar-refractivity contribution is 0.423. The summed E-state index contributed by atoms with van der Waals surface area (Å²) in [5, 5.41) is 3.89. The fourth-order valence-electron chi connectivity index (χ4n) is 4.95. The Labute approximate surface area is 220 Å². The summed E-state index contributed by atoms with van der Waals surface area (Å²) >= 11 is 0. The monoisotopic (exact) mass is 493 g/mol. The highest BCUT2D eigenvalue weighted by Gasteiger charge is 2.24. The van der Waals surface area contributed by atoms with Crippen LogP contribution in [-0.2, 0) is 13.1 Å². The molecule has 1 nitrogen and oxygen atoms in total. The molecule has 5 aromatic rings. The normalized spacial score (nSPS) is 12.2. The molecular weight excluding hydrogens is 465 g/mol. The minimum absolute atomic E-state index is 0.828. The molecule has 0 unspecified atom stereocenters. The van der Waals surface area contributed by atoms with Crippen molar-refractivity contribution >= 4 is 29.5 Å². The molecule has 5 aromatic carbocycles. The third-order valence-corrected chi connectivity index (χ3v) is 9.19. The highest BCUT2D eigenvalue weighted by Crippen LogP contribution is 2.49. The summed E-state index contributed by atoms with van der Waals surface area (Å²) in [7, 11) is -0.828. The summed E-state index contributed by atoms with van der Waals surface area (Å²) in [5.74, 6) is 0. The molecule has 0 bridgehead atoms. The van der Waals surface area contributed by atoms with E-state index in [2.05, 4.69) is 156 Å². The zero-order chi connectivity index (χ0) is 24.9. The zero-order valence-electron chi connectivity index (χ0n) is 20.7. The van der Waals surface area contributed by atoms with Gasteiger partial charge in [0.15, 0.2) is 0 Å². The van der Waals surface area contributed by atoms with E-state index in [1.807, 2.05) is 0 Å². The van der Waals surface area contributed by atoms with E-state index in [0.717, 1.165) is 18.8 Å². The van der Waals surface area contributed by atoms with Gasteiger partial charge in [-0.1, -0.05) is 151 Å². The van der Waals surface area contributed by atoms with Crippen LogP contribution in [-0.4, -0.2) is 4.90 Å². The van der Waals surface area contributed by atoms with Crippen LogP contribution in [0.5, 0.6) is 0 Å². The van der Waals surface area contributed by atoms with Crippen molar-refractivity contribution in [2.75, 3.05) is 0 Å². The lowest BCUT2D eigenvalue weighted by Gasteiger charge is -2.24. The fourth-order valence-corrected chi connectivity index (χ4v) is 7.33.